The van der Waals surface area contributed by atoms with Crippen molar-refractivity contribution in [3.8, 4) is 34.8 Å². The van der Waals surface area contributed by atoms with E-state index in [-0.39, 0.29) is 41.5 Å². The molecular weight excluding hydrogens is 605 g/mol. The third-order valence-corrected chi connectivity index (χ3v) is 7.46. The number of ether oxygens (including phenoxy) is 5. The van der Waals surface area contributed by atoms with Crippen molar-refractivity contribution in [3.05, 3.63) is 76.9 Å². The van der Waals surface area contributed by atoms with Gasteiger partial charge in [-0.15, -0.1) is 0 Å². The van der Waals surface area contributed by atoms with Crippen molar-refractivity contribution in [2.24, 2.45) is 0 Å². The Bertz CT molecular complexity index is 1670. The van der Waals surface area contributed by atoms with E-state index >= 15 is 0 Å². The summed E-state index contributed by atoms with van der Waals surface area (Å²) in [7, 11) is 1.35. The van der Waals surface area contributed by atoms with Crippen LogP contribution in [0.5, 0.6) is 28.7 Å². The van der Waals surface area contributed by atoms with Crippen molar-refractivity contribution < 1.29 is 46.4 Å². The van der Waals surface area contributed by atoms with Crippen LogP contribution in [0.25, 0.3) is 0 Å². The number of hydrogen-bond donors (Lipinski definition) is 0. The van der Waals surface area contributed by atoms with Crippen molar-refractivity contribution in [2.45, 2.75) is 64.0 Å². The van der Waals surface area contributed by atoms with Gasteiger partial charge in [0.25, 0.3) is 0 Å². The largest absolute Gasteiger partial charge is 0.493 e. The highest BCUT2D eigenvalue weighted by atomic mass is 19.4. The van der Waals surface area contributed by atoms with Crippen molar-refractivity contribution in [3.63, 3.8) is 0 Å². The molecule has 0 bridgehead atoms. The van der Waals surface area contributed by atoms with E-state index in [0.29, 0.717) is 48.6 Å². The summed E-state index contributed by atoms with van der Waals surface area (Å²) in [6.45, 7) is 6.49. The van der Waals surface area contributed by atoms with E-state index < -0.39 is 29.2 Å². The van der Waals surface area contributed by atoms with E-state index in [2.05, 4.69) is 0 Å². The van der Waals surface area contributed by atoms with Gasteiger partial charge in [0, 0.05) is 38.4 Å². The molecule has 0 aromatic heterocycles. The maximum absolute atomic E-state index is 13.6. The summed E-state index contributed by atoms with van der Waals surface area (Å²) in [5.41, 5.74) is -0.742. The van der Waals surface area contributed by atoms with E-state index in [4.69, 9.17) is 28.9 Å². The van der Waals surface area contributed by atoms with Crippen LogP contribution in [0.4, 0.5) is 18.0 Å². The van der Waals surface area contributed by atoms with Gasteiger partial charge in [-0.3, -0.25) is 4.79 Å². The van der Waals surface area contributed by atoms with Crippen LogP contribution in [-0.4, -0.2) is 54.8 Å². The SMILES string of the molecule is COc1cc(CC2Oc3cc(OC4CCN(C(=O)OC(C)(C)C)CC4)ccc3C2=O)ccc1Oc1ccc(C#N)cc1C(F)(F)F. The zero-order valence-electron chi connectivity index (χ0n) is 25.8. The molecular formula is C34H33F3N2O7. The molecule has 5 rings (SSSR count). The topological polar surface area (TPSA) is 107 Å². The van der Waals surface area contributed by atoms with Gasteiger partial charge in [0.15, 0.2) is 17.6 Å². The van der Waals surface area contributed by atoms with Crippen LogP contribution in [0.1, 0.15) is 60.7 Å². The Morgan fingerprint density at radius 2 is 1.72 bits per heavy atom. The lowest BCUT2D eigenvalue weighted by Gasteiger charge is -2.33. The van der Waals surface area contributed by atoms with Crippen LogP contribution in [0.2, 0.25) is 0 Å². The minimum Gasteiger partial charge on any atom is -0.493 e. The Kier molecular flexibility index (Phi) is 9.06. The molecule has 1 saturated heterocycles. The molecule has 3 aromatic rings. The molecule has 2 heterocycles. The number of rotatable bonds is 7. The molecule has 242 valence electrons. The third-order valence-electron chi connectivity index (χ3n) is 7.46. The number of halogens is 3. The molecule has 12 heteroatoms. The van der Waals surface area contributed by atoms with Crippen LogP contribution in [0.3, 0.4) is 0 Å². The number of nitriles is 1. The third kappa shape index (κ3) is 7.47. The molecule has 2 aliphatic heterocycles. The molecule has 0 saturated carbocycles. The number of benzene rings is 3. The molecule has 1 fully saturated rings. The summed E-state index contributed by atoms with van der Waals surface area (Å²) in [4.78, 5) is 27.2. The van der Waals surface area contributed by atoms with E-state index in [1.54, 1.807) is 41.3 Å². The second-order valence-corrected chi connectivity index (χ2v) is 12.0. The van der Waals surface area contributed by atoms with Gasteiger partial charge < -0.3 is 28.6 Å². The molecule has 0 spiro atoms. The lowest BCUT2D eigenvalue weighted by atomic mass is 10.0. The van der Waals surface area contributed by atoms with Gasteiger partial charge in [0.05, 0.1) is 29.9 Å². The second-order valence-electron chi connectivity index (χ2n) is 12.0. The van der Waals surface area contributed by atoms with Crippen LogP contribution < -0.4 is 18.9 Å². The summed E-state index contributed by atoms with van der Waals surface area (Å²) in [6.07, 6.45) is -4.60. The summed E-state index contributed by atoms with van der Waals surface area (Å²) in [5, 5.41) is 9.01. The highest BCUT2D eigenvalue weighted by molar-refractivity contribution is 6.04. The van der Waals surface area contributed by atoms with Gasteiger partial charge >= 0.3 is 12.3 Å². The smallest absolute Gasteiger partial charge is 0.420 e. The average molecular weight is 639 g/mol. The number of carbonyl (C=O) groups is 2. The van der Waals surface area contributed by atoms with Gasteiger partial charge in [0.2, 0.25) is 5.78 Å². The Balaban J connectivity index is 1.22. The van der Waals surface area contributed by atoms with Crippen LogP contribution in [0.15, 0.2) is 54.6 Å². The number of alkyl halides is 3. The van der Waals surface area contributed by atoms with E-state index in [9.17, 15) is 22.8 Å². The zero-order chi connectivity index (χ0) is 33.2. The number of likely N-dealkylation sites (tertiary alicyclic amines) is 1. The minimum absolute atomic E-state index is 0.0297. The molecule has 0 radical (unpaired) electrons. The second kappa shape index (κ2) is 12.8. The predicted octanol–water partition coefficient (Wildman–Crippen LogP) is 7.34. The molecule has 46 heavy (non-hydrogen) atoms. The van der Waals surface area contributed by atoms with Crippen molar-refractivity contribution in [2.75, 3.05) is 20.2 Å². The predicted molar refractivity (Wildman–Crippen MR) is 160 cm³/mol. The first-order chi connectivity index (χ1) is 21.7. The quantitative estimate of drug-likeness (QED) is 0.265. The first-order valence-corrected chi connectivity index (χ1v) is 14.7. The van der Waals surface area contributed by atoms with E-state index in [1.165, 1.54) is 19.2 Å². The fourth-order valence-electron chi connectivity index (χ4n) is 5.23. The number of fused-ring (bicyclic) bond motifs is 1. The maximum atomic E-state index is 13.6. The minimum atomic E-state index is -4.74. The fraction of sp³-hybridized carbons (Fsp3) is 0.382. The van der Waals surface area contributed by atoms with Gasteiger partial charge in [-0.05, 0) is 68.8 Å². The molecule has 0 aliphatic carbocycles. The monoisotopic (exact) mass is 638 g/mol. The van der Waals surface area contributed by atoms with Gasteiger partial charge in [-0.25, -0.2) is 4.79 Å². The van der Waals surface area contributed by atoms with Gasteiger partial charge in [-0.2, -0.15) is 18.4 Å². The molecule has 9 nitrogen and oxygen atoms in total. The average Bonchev–Trinajstić information content (AvgIpc) is 3.30. The maximum Gasteiger partial charge on any atom is 0.420 e. The Labute approximate surface area is 264 Å². The molecule has 1 atom stereocenters. The van der Waals surface area contributed by atoms with Crippen LogP contribution >= 0.6 is 0 Å². The molecule has 2 aliphatic rings. The number of carbonyl (C=O) groups excluding carboxylic acids is 2. The lowest BCUT2D eigenvalue weighted by Crippen LogP contribution is -2.44. The fourth-order valence-corrected chi connectivity index (χ4v) is 5.23. The van der Waals surface area contributed by atoms with Crippen LogP contribution in [0, 0.1) is 11.3 Å². The number of hydrogen-bond acceptors (Lipinski definition) is 8. The van der Waals surface area contributed by atoms with Gasteiger partial charge in [-0.1, -0.05) is 6.07 Å². The van der Waals surface area contributed by atoms with E-state index in [1.807, 2.05) is 20.8 Å². The van der Waals surface area contributed by atoms with Crippen molar-refractivity contribution in [1.29, 1.82) is 5.26 Å². The van der Waals surface area contributed by atoms with Crippen LogP contribution in [-0.2, 0) is 17.3 Å². The van der Waals surface area contributed by atoms with Crippen molar-refractivity contribution in [1.82, 2.24) is 4.90 Å². The number of nitrogens with zero attached hydrogens (tertiary/aromatic N) is 2. The molecule has 1 unspecified atom stereocenters. The number of ketones is 1. The first kappa shape index (κ1) is 32.5. The Hall–Kier alpha value is -4.92. The summed E-state index contributed by atoms with van der Waals surface area (Å²) in [5.74, 6) is 0.444. The first-order valence-electron chi connectivity index (χ1n) is 14.7. The van der Waals surface area contributed by atoms with E-state index in [0.717, 1.165) is 12.1 Å². The number of piperidine rings is 1. The summed E-state index contributed by atoms with van der Waals surface area (Å²) in [6, 6.07) is 14.4. The number of amides is 1. The summed E-state index contributed by atoms with van der Waals surface area (Å²) < 4.78 is 69.4. The molecule has 3 aromatic carbocycles. The summed E-state index contributed by atoms with van der Waals surface area (Å²) >= 11 is 0. The Morgan fingerprint density at radius 1 is 1.00 bits per heavy atom. The lowest BCUT2D eigenvalue weighted by molar-refractivity contribution is -0.138. The van der Waals surface area contributed by atoms with Gasteiger partial charge in [0.1, 0.15) is 29.0 Å². The molecule has 1 amide bonds. The number of Topliss-reactive ketones (excluding diaryl/α,β-unsaturated/α-hetero) is 1. The van der Waals surface area contributed by atoms with Crippen molar-refractivity contribution >= 4 is 11.9 Å². The Morgan fingerprint density at radius 3 is 2.37 bits per heavy atom. The molecule has 0 N–H and O–H groups in total. The highest BCUT2D eigenvalue weighted by Crippen LogP contribution is 2.41. The number of methoxy groups -OCH3 is 1. The normalized spacial score (nSPS) is 16.7. The standard InChI is InChI=1S/C34H33F3N2O7/c1-33(2,3)46-32(41)39-13-11-22(12-14-39)43-23-7-8-24-28(18-23)45-30(31(24)40)17-20-5-10-27(29(16-20)42-4)44-26-9-6-21(19-38)15-25(26)34(35,36)37/h5-10,15-16,18,22,30H,11-14,17H2,1-4H3. The highest BCUT2D eigenvalue weighted by Gasteiger charge is 2.36. The zero-order valence-corrected chi connectivity index (χ0v) is 25.8.